The van der Waals surface area contributed by atoms with Gasteiger partial charge in [0.15, 0.2) is 11.8 Å². The number of amidine groups is 1. The van der Waals surface area contributed by atoms with E-state index >= 15 is 8.78 Å². The Hall–Kier alpha value is -3.91. The summed E-state index contributed by atoms with van der Waals surface area (Å²) in [4.78, 5) is 4.44. The molecule has 0 amide bonds. The monoisotopic (exact) mass is 606 g/mol. The molecule has 1 heterocycles. The Morgan fingerprint density at radius 1 is 0.875 bits per heavy atom. The van der Waals surface area contributed by atoms with Crippen LogP contribution in [0.15, 0.2) is 107 Å². The van der Waals surface area contributed by atoms with Crippen LogP contribution in [0.3, 0.4) is 0 Å². The van der Waals surface area contributed by atoms with Crippen molar-refractivity contribution in [1.82, 2.24) is 5.32 Å². The number of aliphatic imine (C=N–C) groups is 1. The molecule has 206 valence electrons. The highest BCUT2D eigenvalue weighted by molar-refractivity contribution is 9.10. The van der Waals surface area contributed by atoms with Crippen LogP contribution < -0.4 is 14.8 Å². The first-order chi connectivity index (χ1) is 19.3. The predicted octanol–water partition coefficient (Wildman–Crippen LogP) is 7.13. The summed E-state index contributed by atoms with van der Waals surface area (Å²) in [5, 5.41) is 3.52. The molecule has 40 heavy (non-hydrogen) atoms. The van der Waals surface area contributed by atoms with Crippen LogP contribution in [0.2, 0.25) is 0 Å². The van der Waals surface area contributed by atoms with Gasteiger partial charge < -0.3 is 19.5 Å². The first kappa shape index (κ1) is 27.6. The molecule has 0 fully saturated rings. The average molecular weight is 607 g/mol. The van der Waals surface area contributed by atoms with Gasteiger partial charge in [-0.05, 0) is 66.1 Å². The number of hydrogen-bond donors (Lipinski definition) is 1. The zero-order valence-electron chi connectivity index (χ0n) is 22.3. The van der Waals surface area contributed by atoms with Gasteiger partial charge in [-0.2, -0.15) is 0 Å². The first-order valence-electron chi connectivity index (χ1n) is 12.8. The highest BCUT2D eigenvalue weighted by atomic mass is 79.9. The molecule has 0 saturated heterocycles. The number of methoxy groups -OCH3 is 2. The van der Waals surface area contributed by atoms with E-state index in [2.05, 4.69) is 26.2 Å². The molecular formula is C32H29BrF2N2O3. The number of hydrogen-bond acceptors (Lipinski definition) is 5. The predicted molar refractivity (Wildman–Crippen MR) is 155 cm³/mol. The molecule has 1 N–H and O–H groups in total. The molecule has 2 atom stereocenters. The van der Waals surface area contributed by atoms with E-state index in [9.17, 15) is 0 Å². The Balaban J connectivity index is 1.68. The summed E-state index contributed by atoms with van der Waals surface area (Å²) in [6, 6.07) is 29.6. The normalized spacial score (nSPS) is 18.9. The molecule has 0 unspecified atom stereocenters. The highest BCUT2D eigenvalue weighted by Gasteiger charge is 2.47. The van der Waals surface area contributed by atoms with Gasteiger partial charge in [0.25, 0.3) is 6.02 Å². The Morgan fingerprint density at radius 2 is 1.43 bits per heavy atom. The molecule has 1 aliphatic heterocycles. The van der Waals surface area contributed by atoms with Crippen LogP contribution in [-0.2, 0) is 15.9 Å². The molecule has 0 spiro atoms. The maximum atomic E-state index is 15.5. The van der Waals surface area contributed by atoms with Crippen LogP contribution in [0.4, 0.5) is 8.78 Å². The van der Waals surface area contributed by atoms with Crippen molar-refractivity contribution in [2.75, 3.05) is 20.8 Å². The van der Waals surface area contributed by atoms with Crippen molar-refractivity contribution in [1.29, 1.82) is 0 Å². The van der Waals surface area contributed by atoms with E-state index in [0.29, 0.717) is 16.0 Å². The number of halogens is 3. The van der Waals surface area contributed by atoms with Gasteiger partial charge in [0, 0.05) is 10.0 Å². The van der Waals surface area contributed by atoms with E-state index in [1.165, 1.54) is 6.07 Å². The van der Waals surface area contributed by atoms with Crippen LogP contribution >= 0.6 is 15.9 Å². The van der Waals surface area contributed by atoms with E-state index in [-0.39, 0.29) is 18.1 Å². The standard InChI is InChI=1S/C32H29BrF2N2O3/c1-31(27-19-24(33)13-18-28(27)34)29(35)20-36-30(40-31)37-32(21-7-5-4-6-8-21,22-9-14-25(38-2)15-10-22)23-11-16-26(39-3)17-12-23/h4-19,29H,20H2,1-3H3,(H,36,37)/t29-,31-/m1/s1. The van der Waals surface area contributed by atoms with Gasteiger partial charge in [0.05, 0.1) is 20.8 Å². The second kappa shape index (κ2) is 11.3. The minimum absolute atomic E-state index is 0.0891. The molecule has 0 aromatic heterocycles. The maximum Gasteiger partial charge on any atom is 0.286 e. The first-order valence-corrected chi connectivity index (χ1v) is 13.6. The number of nitrogens with zero attached hydrogens (tertiary/aromatic N) is 1. The fourth-order valence-corrected chi connectivity index (χ4v) is 5.41. The second-order valence-corrected chi connectivity index (χ2v) is 10.6. The van der Waals surface area contributed by atoms with Crippen molar-refractivity contribution in [3.63, 3.8) is 0 Å². The average Bonchev–Trinajstić information content (AvgIpc) is 2.99. The summed E-state index contributed by atoms with van der Waals surface area (Å²) >= 11 is 3.38. The Kier molecular flexibility index (Phi) is 7.81. The number of nitrogens with one attached hydrogen (secondary N) is 1. The van der Waals surface area contributed by atoms with Crippen molar-refractivity contribution in [2.45, 2.75) is 24.2 Å². The number of rotatable bonds is 7. The van der Waals surface area contributed by atoms with Gasteiger partial charge >= 0.3 is 0 Å². The quantitative estimate of drug-likeness (QED) is 0.227. The smallest absolute Gasteiger partial charge is 0.286 e. The van der Waals surface area contributed by atoms with Crippen LogP contribution in [-0.4, -0.2) is 33.0 Å². The van der Waals surface area contributed by atoms with E-state index in [4.69, 9.17) is 14.2 Å². The van der Waals surface area contributed by atoms with Crippen LogP contribution in [0, 0.1) is 5.82 Å². The van der Waals surface area contributed by atoms with E-state index in [0.717, 1.165) is 16.7 Å². The van der Waals surface area contributed by atoms with Crippen molar-refractivity contribution in [3.05, 3.63) is 130 Å². The van der Waals surface area contributed by atoms with Crippen molar-refractivity contribution in [2.24, 2.45) is 4.99 Å². The van der Waals surface area contributed by atoms with Gasteiger partial charge in [0.1, 0.15) is 22.9 Å². The van der Waals surface area contributed by atoms with Crippen molar-refractivity contribution in [3.8, 4) is 11.5 Å². The third-order valence-corrected chi connectivity index (χ3v) is 7.81. The molecule has 4 aromatic rings. The summed E-state index contributed by atoms with van der Waals surface area (Å²) in [6.45, 7) is 1.34. The molecule has 4 aromatic carbocycles. The van der Waals surface area contributed by atoms with Gasteiger partial charge in [-0.25, -0.2) is 13.8 Å². The Bertz CT molecular complexity index is 1450. The largest absolute Gasteiger partial charge is 0.497 e. The van der Waals surface area contributed by atoms with E-state index in [1.54, 1.807) is 33.3 Å². The van der Waals surface area contributed by atoms with Crippen LogP contribution in [0.1, 0.15) is 29.2 Å². The molecular weight excluding hydrogens is 578 g/mol. The molecule has 0 saturated carbocycles. The second-order valence-electron chi connectivity index (χ2n) is 9.64. The lowest BCUT2D eigenvalue weighted by atomic mass is 9.77. The number of alkyl halides is 1. The summed E-state index contributed by atoms with van der Waals surface area (Å²) < 4.78 is 48.2. The van der Waals surface area contributed by atoms with Crippen LogP contribution in [0.25, 0.3) is 0 Å². The molecule has 0 aliphatic carbocycles. The zero-order chi connectivity index (χ0) is 28.3. The van der Waals surface area contributed by atoms with Crippen LogP contribution in [0.5, 0.6) is 11.5 Å². The Morgan fingerprint density at radius 3 is 1.98 bits per heavy atom. The van der Waals surface area contributed by atoms with Crippen molar-refractivity contribution < 1.29 is 23.0 Å². The van der Waals surface area contributed by atoms with Gasteiger partial charge in [0.2, 0.25) is 0 Å². The van der Waals surface area contributed by atoms with E-state index < -0.39 is 23.1 Å². The summed E-state index contributed by atoms with van der Waals surface area (Å²) in [5.41, 5.74) is 0.0399. The number of ether oxygens (including phenoxy) is 3. The fraction of sp³-hybridized carbons (Fsp3) is 0.219. The number of benzene rings is 4. The van der Waals surface area contributed by atoms with Gasteiger partial charge in [-0.15, -0.1) is 0 Å². The lowest BCUT2D eigenvalue weighted by Gasteiger charge is -2.42. The molecule has 1 aliphatic rings. The summed E-state index contributed by atoms with van der Waals surface area (Å²) in [5.74, 6) is 0.837. The minimum atomic E-state index is -1.62. The summed E-state index contributed by atoms with van der Waals surface area (Å²) in [7, 11) is 3.22. The topological polar surface area (TPSA) is 52.1 Å². The third-order valence-electron chi connectivity index (χ3n) is 7.31. The lowest BCUT2D eigenvalue weighted by molar-refractivity contribution is -0.0275. The fourth-order valence-electron chi connectivity index (χ4n) is 5.05. The minimum Gasteiger partial charge on any atom is -0.497 e. The Labute approximate surface area is 241 Å². The maximum absolute atomic E-state index is 15.5. The molecule has 8 heteroatoms. The van der Waals surface area contributed by atoms with Gasteiger partial charge in [-0.1, -0.05) is 70.5 Å². The summed E-state index contributed by atoms with van der Waals surface area (Å²) in [6.07, 6.45) is -1.57. The highest BCUT2D eigenvalue weighted by Crippen LogP contribution is 2.41. The van der Waals surface area contributed by atoms with Crippen molar-refractivity contribution >= 4 is 22.0 Å². The molecule has 5 nitrogen and oxygen atoms in total. The zero-order valence-corrected chi connectivity index (χ0v) is 23.9. The molecule has 0 bridgehead atoms. The van der Waals surface area contributed by atoms with E-state index in [1.807, 2.05) is 78.9 Å². The molecule has 0 radical (unpaired) electrons. The van der Waals surface area contributed by atoms with Gasteiger partial charge in [-0.3, -0.25) is 0 Å². The molecule has 5 rings (SSSR count). The lowest BCUT2D eigenvalue weighted by Crippen LogP contribution is -2.54. The SMILES string of the molecule is COc1ccc(C(NC2=NC[C@@H](F)[C@@](C)(c3cc(Br)ccc3F)O2)(c2ccccc2)c2ccc(OC)cc2)cc1. The third kappa shape index (κ3) is 5.04.